The number of likely N-dealkylation sites (N-methyl/N-ethyl adjacent to an activating group) is 1. The van der Waals surface area contributed by atoms with Gasteiger partial charge < -0.3 is 4.90 Å². The normalized spacial score (nSPS) is 11.2. The highest BCUT2D eigenvalue weighted by molar-refractivity contribution is 7.90. The molecule has 0 aliphatic rings. The molecule has 1 rings (SSSR count). The van der Waals surface area contributed by atoms with Crippen molar-refractivity contribution in [2.24, 2.45) is 0 Å². The molecule has 0 aliphatic heterocycles. The predicted octanol–water partition coefficient (Wildman–Crippen LogP) is 2.78. The number of sulfone groups is 1. The molecule has 110 valence electrons. The Bertz CT molecular complexity index is 638. The second-order valence-electron chi connectivity index (χ2n) is 4.69. The summed E-state index contributed by atoms with van der Waals surface area (Å²) in [5.74, 6) is -0.239. The van der Waals surface area contributed by atoms with Gasteiger partial charge in [-0.3, -0.25) is 4.79 Å². The van der Waals surface area contributed by atoms with E-state index in [9.17, 15) is 13.2 Å². The van der Waals surface area contributed by atoms with Gasteiger partial charge in [0.1, 0.15) is 0 Å². The molecule has 1 aromatic carbocycles. The van der Waals surface area contributed by atoms with Crippen LogP contribution in [0, 0.1) is 0 Å². The minimum Gasteiger partial charge on any atom is -0.335 e. The van der Waals surface area contributed by atoms with Crippen molar-refractivity contribution in [1.29, 1.82) is 0 Å². The van der Waals surface area contributed by atoms with E-state index in [-0.39, 0.29) is 15.8 Å². The summed E-state index contributed by atoms with van der Waals surface area (Å²) < 4.78 is 23.2. The molecule has 1 aromatic rings. The number of carbonyl (C=O) groups excluding carboxylic acids is 1. The first-order valence-electron chi connectivity index (χ1n) is 6.10. The number of halogens is 1. The summed E-state index contributed by atoms with van der Waals surface area (Å²) in [5.41, 5.74) is 1.16. The predicted molar refractivity (Wildman–Crippen MR) is 81.0 cm³/mol. The molecule has 4 nitrogen and oxygen atoms in total. The zero-order chi connectivity index (χ0) is 15.5. The molecule has 0 N–H and O–H groups in total. The van der Waals surface area contributed by atoms with Crippen molar-refractivity contribution < 1.29 is 13.2 Å². The van der Waals surface area contributed by atoms with Gasteiger partial charge >= 0.3 is 0 Å². The summed E-state index contributed by atoms with van der Waals surface area (Å²) in [4.78, 5) is 13.9. The second kappa shape index (κ2) is 6.41. The monoisotopic (exact) mass is 315 g/mol. The van der Waals surface area contributed by atoms with E-state index in [1.807, 2.05) is 13.8 Å². The summed E-state index contributed by atoms with van der Waals surface area (Å²) in [6.07, 6.45) is 1.06. The molecule has 20 heavy (non-hydrogen) atoms. The van der Waals surface area contributed by atoms with Gasteiger partial charge in [0.05, 0.1) is 9.92 Å². The maximum Gasteiger partial charge on any atom is 0.254 e. The topological polar surface area (TPSA) is 54.5 Å². The number of rotatable bonds is 5. The molecule has 0 fully saturated rings. The molecular weight excluding hydrogens is 298 g/mol. The zero-order valence-electron chi connectivity index (χ0n) is 11.8. The fourth-order valence-electron chi connectivity index (χ4n) is 1.76. The van der Waals surface area contributed by atoms with E-state index >= 15 is 0 Å². The minimum absolute atomic E-state index is 0.0311. The van der Waals surface area contributed by atoms with Crippen LogP contribution in [-0.4, -0.2) is 38.6 Å². The lowest BCUT2D eigenvalue weighted by Gasteiger charge is -2.21. The molecule has 0 unspecified atom stereocenters. The van der Waals surface area contributed by atoms with Crippen LogP contribution in [0.4, 0.5) is 0 Å². The van der Waals surface area contributed by atoms with E-state index in [1.165, 1.54) is 18.2 Å². The van der Waals surface area contributed by atoms with E-state index in [0.717, 1.165) is 11.8 Å². The van der Waals surface area contributed by atoms with Crippen molar-refractivity contribution in [3.63, 3.8) is 0 Å². The maximum atomic E-state index is 12.3. The van der Waals surface area contributed by atoms with Gasteiger partial charge in [-0.25, -0.2) is 8.42 Å². The second-order valence-corrected chi connectivity index (χ2v) is 7.09. The van der Waals surface area contributed by atoms with Crippen molar-refractivity contribution in [2.45, 2.75) is 18.7 Å². The van der Waals surface area contributed by atoms with Gasteiger partial charge in [0.15, 0.2) is 9.84 Å². The third-order valence-electron chi connectivity index (χ3n) is 2.71. The van der Waals surface area contributed by atoms with Crippen LogP contribution in [0.15, 0.2) is 35.2 Å². The Balaban J connectivity index is 3.20. The van der Waals surface area contributed by atoms with Crippen LogP contribution in [0.1, 0.15) is 24.2 Å². The molecule has 0 spiro atoms. The van der Waals surface area contributed by atoms with E-state index in [2.05, 4.69) is 6.58 Å². The van der Waals surface area contributed by atoms with Gasteiger partial charge in [0, 0.05) is 24.9 Å². The summed E-state index contributed by atoms with van der Waals surface area (Å²) in [5, 5.41) is 0.118. The molecule has 0 bridgehead atoms. The van der Waals surface area contributed by atoms with Crippen LogP contribution >= 0.6 is 11.6 Å². The van der Waals surface area contributed by atoms with Crippen molar-refractivity contribution in [1.82, 2.24) is 4.90 Å². The Morgan fingerprint density at radius 1 is 1.40 bits per heavy atom. The molecular formula is C14H18ClNO3S. The van der Waals surface area contributed by atoms with Crippen molar-refractivity contribution in [3.8, 4) is 0 Å². The van der Waals surface area contributed by atoms with Crippen LogP contribution in [0.25, 0.3) is 0 Å². The number of benzene rings is 1. The Kier molecular flexibility index (Phi) is 5.36. The fraction of sp³-hybridized carbons (Fsp3) is 0.357. The molecule has 0 aliphatic carbocycles. The minimum atomic E-state index is -3.47. The van der Waals surface area contributed by atoms with Gasteiger partial charge in [-0.1, -0.05) is 23.8 Å². The average molecular weight is 316 g/mol. The van der Waals surface area contributed by atoms with Crippen LogP contribution in [0.3, 0.4) is 0 Å². The highest BCUT2D eigenvalue weighted by Crippen LogP contribution is 2.23. The number of hydrogen-bond donors (Lipinski definition) is 0. The van der Waals surface area contributed by atoms with E-state index in [4.69, 9.17) is 11.6 Å². The smallest absolute Gasteiger partial charge is 0.254 e. The van der Waals surface area contributed by atoms with Gasteiger partial charge in [-0.15, -0.1) is 0 Å². The molecule has 6 heteroatoms. The van der Waals surface area contributed by atoms with Crippen LogP contribution in [0.2, 0.25) is 5.02 Å². The van der Waals surface area contributed by atoms with E-state index < -0.39 is 9.84 Å². The molecule has 0 saturated heterocycles. The van der Waals surface area contributed by atoms with Crippen molar-refractivity contribution in [2.75, 3.05) is 19.3 Å². The van der Waals surface area contributed by atoms with Crippen LogP contribution < -0.4 is 0 Å². The number of carbonyl (C=O) groups is 1. The number of hydrogen-bond acceptors (Lipinski definition) is 3. The zero-order valence-corrected chi connectivity index (χ0v) is 13.4. The molecule has 0 radical (unpaired) electrons. The lowest BCUT2D eigenvalue weighted by atomic mass is 10.2. The Labute approximate surface area is 125 Å². The largest absolute Gasteiger partial charge is 0.335 e. The summed E-state index contributed by atoms with van der Waals surface area (Å²) >= 11 is 5.87. The average Bonchev–Trinajstić information content (AvgIpc) is 2.34. The summed E-state index contributed by atoms with van der Waals surface area (Å²) in [7, 11) is -3.47. The van der Waals surface area contributed by atoms with Gasteiger partial charge in [0.25, 0.3) is 5.91 Å². The standard InChI is InChI=1S/C14H18ClNO3S/c1-5-16(9-10(2)3)14(17)11-6-7-12(15)13(8-11)20(4,18)19/h6-8H,2,5,9H2,1,3-4H3. The first-order valence-corrected chi connectivity index (χ1v) is 8.37. The SMILES string of the molecule is C=C(C)CN(CC)C(=O)c1ccc(Cl)c(S(C)(=O)=O)c1. The van der Waals surface area contributed by atoms with E-state index in [1.54, 1.807) is 4.90 Å². The Hall–Kier alpha value is -1.33. The van der Waals surface area contributed by atoms with Gasteiger partial charge in [-0.05, 0) is 32.0 Å². The quantitative estimate of drug-likeness (QED) is 0.785. The molecule has 0 aromatic heterocycles. The van der Waals surface area contributed by atoms with Crippen molar-refractivity contribution >= 4 is 27.3 Å². The molecule has 1 amide bonds. The highest BCUT2D eigenvalue weighted by Gasteiger charge is 2.19. The maximum absolute atomic E-state index is 12.3. The fourth-order valence-corrected chi connectivity index (χ4v) is 3.06. The lowest BCUT2D eigenvalue weighted by molar-refractivity contribution is 0.0778. The third-order valence-corrected chi connectivity index (χ3v) is 4.29. The Morgan fingerprint density at radius 3 is 2.45 bits per heavy atom. The van der Waals surface area contributed by atoms with Gasteiger partial charge in [-0.2, -0.15) is 0 Å². The first kappa shape index (κ1) is 16.7. The van der Waals surface area contributed by atoms with Gasteiger partial charge in [0.2, 0.25) is 0 Å². The summed E-state index contributed by atoms with van der Waals surface area (Å²) in [6.45, 7) is 8.42. The molecule has 0 heterocycles. The third kappa shape index (κ3) is 4.08. The first-order chi connectivity index (χ1) is 9.16. The van der Waals surface area contributed by atoms with Crippen LogP contribution in [-0.2, 0) is 9.84 Å². The van der Waals surface area contributed by atoms with Crippen LogP contribution in [0.5, 0.6) is 0 Å². The Morgan fingerprint density at radius 2 is 2.00 bits per heavy atom. The number of amides is 1. The molecule has 0 atom stereocenters. The molecule has 0 saturated carbocycles. The number of nitrogens with zero attached hydrogens (tertiary/aromatic N) is 1. The highest BCUT2D eigenvalue weighted by atomic mass is 35.5. The lowest BCUT2D eigenvalue weighted by Crippen LogP contribution is -2.32. The summed E-state index contributed by atoms with van der Waals surface area (Å²) in [6, 6.07) is 4.28. The van der Waals surface area contributed by atoms with Crippen molar-refractivity contribution in [3.05, 3.63) is 40.9 Å². The van der Waals surface area contributed by atoms with E-state index in [0.29, 0.717) is 18.7 Å².